The largest absolute Gasteiger partial charge is 0.343 e. The van der Waals surface area contributed by atoms with Gasteiger partial charge in [-0.3, -0.25) is 14.3 Å². The summed E-state index contributed by atoms with van der Waals surface area (Å²) in [5.74, 6) is 1.76. The maximum atomic E-state index is 12.4. The van der Waals surface area contributed by atoms with Crippen LogP contribution in [0.5, 0.6) is 0 Å². The molecule has 0 radical (unpaired) electrons. The highest BCUT2D eigenvalue weighted by atomic mass is 16.5. The summed E-state index contributed by atoms with van der Waals surface area (Å²) in [4.78, 5) is 32.1. The number of carbonyl (C=O) groups is 2. The van der Waals surface area contributed by atoms with E-state index in [0.717, 1.165) is 38.3 Å². The van der Waals surface area contributed by atoms with E-state index in [2.05, 4.69) is 15.2 Å². The standard InChI is InChI=1S/C18H24N6O3/c1-3-24-11-14(8-19-24)18(26)23-9-15(10-23)17-20-16(21-27-17)13-4-6-22(7-5-13)12(2)25/h8,11,13,15H,3-7,9-10H2,1-2H3. The van der Waals surface area contributed by atoms with Gasteiger partial charge < -0.3 is 14.3 Å². The highest BCUT2D eigenvalue weighted by Gasteiger charge is 2.37. The molecular formula is C18H24N6O3. The number of aryl methyl sites for hydroxylation is 1. The molecule has 2 aromatic rings. The van der Waals surface area contributed by atoms with Crippen LogP contribution in [0.25, 0.3) is 0 Å². The third-order valence-electron chi connectivity index (χ3n) is 5.49. The fourth-order valence-electron chi connectivity index (χ4n) is 3.66. The summed E-state index contributed by atoms with van der Waals surface area (Å²) < 4.78 is 7.20. The molecule has 144 valence electrons. The van der Waals surface area contributed by atoms with Crippen molar-refractivity contribution < 1.29 is 14.1 Å². The summed E-state index contributed by atoms with van der Waals surface area (Å²) >= 11 is 0. The minimum absolute atomic E-state index is 0.0118. The lowest BCUT2D eigenvalue weighted by molar-refractivity contribution is -0.129. The van der Waals surface area contributed by atoms with E-state index in [9.17, 15) is 9.59 Å². The summed E-state index contributed by atoms with van der Waals surface area (Å²) in [7, 11) is 0. The third kappa shape index (κ3) is 3.45. The molecule has 27 heavy (non-hydrogen) atoms. The number of rotatable bonds is 4. The van der Waals surface area contributed by atoms with E-state index in [1.807, 2.05) is 11.8 Å². The minimum Gasteiger partial charge on any atom is -0.343 e. The van der Waals surface area contributed by atoms with Crippen LogP contribution in [-0.4, -0.2) is 67.7 Å². The Balaban J connectivity index is 1.31. The predicted molar refractivity (Wildman–Crippen MR) is 95.1 cm³/mol. The van der Waals surface area contributed by atoms with Crippen molar-refractivity contribution in [2.45, 2.75) is 45.1 Å². The SMILES string of the molecule is CCn1cc(C(=O)N2CC(c3nc(C4CCN(C(C)=O)CC4)no3)C2)cn1. The van der Waals surface area contributed by atoms with Crippen LogP contribution in [0.2, 0.25) is 0 Å². The number of nitrogens with zero attached hydrogens (tertiary/aromatic N) is 6. The van der Waals surface area contributed by atoms with Crippen molar-refractivity contribution in [2.75, 3.05) is 26.2 Å². The van der Waals surface area contributed by atoms with E-state index >= 15 is 0 Å². The second-order valence-electron chi connectivity index (χ2n) is 7.26. The summed E-state index contributed by atoms with van der Waals surface area (Å²) in [5.41, 5.74) is 0.610. The van der Waals surface area contributed by atoms with Gasteiger partial charge in [0.15, 0.2) is 5.82 Å². The van der Waals surface area contributed by atoms with Gasteiger partial charge in [0.05, 0.1) is 17.7 Å². The molecule has 0 aromatic carbocycles. The Hall–Kier alpha value is -2.71. The number of aromatic nitrogens is 4. The van der Waals surface area contributed by atoms with Crippen molar-refractivity contribution in [3.63, 3.8) is 0 Å². The van der Waals surface area contributed by atoms with Crippen molar-refractivity contribution in [3.8, 4) is 0 Å². The van der Waals surface area contributed by atoms with E-state index in [1.165, 1.54) is 0 Å². The van der Waals surface area contributed by atoms with Crippen molar-refractivity contribution in [1.82, 2.24) is 29.7 Å². The zero-order valence-corrected chi connectivity index (χ0v) is 15.7. The zero-order chi connectivity index (χ0) is 19.0. The summed E-state index contributed by atoms with van der Waals surface area (Å²) in [6.45, 7) is 6.97. The van der Waals surface area contributed by atoms with E-state index in [0.29, 0.717) is 24.5 Å². The van der Waals surface area contributed by atoms with Crippen molar-refractivity contribution in [1.29, 1.82) is 0 Å². The number of likely N-dealkylation sites (tertiary alicyclic amines) is 2. The first kappa shape index (κ1) is 17.7. The molecule has 9 nitrogen and oxygen atoms in total. The van der Waals surface area contributed by atoms with Crippen LogP contribution >= 0.6 is 0 Å². The van der Waals surface area contributed by atoms with Gasteiger partial charge in [-0.25, -0.2) is 0 Å². The van der Waals surface area contributed by atoms with Crippen molar-refractivity contribution >= 4 is 11.8 Å². The molecule has 2 aliphatic heterocycles. The topological polar surface area (TPSA) is 97.4 Å². The second-order valence-corrected chi connectivity index (χ2v) is 7.26. The highest BCUT2D eigenvalue weighted by molar-refractivity contribution is 5.94. The molecule has 0 spiro atoms. The van der Waals surface area contributed by atoms with Gasteiger partial charge >= 0.3 is 0 Å². The first-order valence-electron chi connectivity index (χ1n) is 9.46. The molecule has 2 saturated heterocycles. The molecule has 0 aliphatic carbocycles. The van der Waals surface area contributed by atoms with Gasteiger partial charge in [-0.2, -0.15) is 10.1 Å². The lowest BCUT2D eigenvalue weighted by atomic mass is 9.95. The van der Waals surface area contributed by atoms with Gasteiger partial charge in [0.1, 0.15) is 0 Å². The molecule has 4 heterocycles. The van der Waals surface area contributed by atoms with Crippen LogP contribution < -0.4 is 0 Å². The Labute approximate surface area is 157 Å². The quantitative estimate of drug-likeness (QED) is 0.801. The van der Waals surface area contributed by atoms with E-state index < -0.39 is 0 Å². The highest BCUT2D eigenvalue weighted by Crippen LogP contribution is 2.30. The minimum atomic E-state index is -0.0118. The van der Waals surface area contributed by atoms with Gasteiger partial charge in [0, 0.05) is 51.8 Å². The predicted octanol–water partition coefficient (Wildman–Crippen LogP) is 1.25. The average Bonchev–Trinajstić information content (AvgIpc) is 3.30. The maximum absolute atomic E-state index is 12.4. The smallest absolute Gasteiger partial charge is 0.257 e. The molecule has 0 atom stereocenters. The number of piperidine rings is 1. The fourth-order valence-corrected chi connectivity index (χ4v) is 3.66. The summed E-state index contributed by atoms with van der Waals surface area (Å²) in [6.07, 6.45) is 5.09. The number of hydrogen-bond acceptors (Lipinski definition) is 6. The molecule has 2 aliphatic rings. The van der Waals surface area contributed by atoms with Crippen LogP contribution in [0.1, 0.15) is 60.6 Å². The monoisotopic (exact) mass is 372 g/mol. The molecule has 0 N–H and O–H groups in total. The Morgan fingerprint density at radius 1 is 1.19 bits per heavy atom. The van der Waals surface area contributed by atoms with E-state index in [4.69, 9.17) is 4.52 Å². The Kier molecular flexibility index (Phi) is 4.67. The van der Waals surface area contributed by atoms with E-state index in [1.54, 1.807) is 28.9 Å². The molecule has 2 fully saturated rings. The van der Waals surface area contributed by atoms with Crippen LogP contribution in [0, 0.1) is 0 Å². The van der Waals surface area contributed by atoms with Gasteiger partial charge in [-0.15, -0.1) is 0 Å². The Bertz CT molecular complexity index is 830. The van der Waals surface area contributed by atoms with E-state index in [-0.39, 0.29) is 23.7 Å². The van der Waals surface area contributed by atoms with Crippen LogP contribution in [0.4, 0.5) is 0 Å². The van der Waals surface area contributed by atoms with Crippen LogP contribution in [-0.2, 0) is 11.3 Å². The Morgan fingerprint density at radius 3 is 2.56 bits per heavy atom. The molecule has 2 aromatic heterocycles. The lowest BCUT2D eigenvalue weighted by Crippen LogP contribution is -2.48. The van der Waals surface area contributed by atoms with Crippen molar-refractivity contribution in [2.24, 2.45) is 0 Å². The normalized spacial score (nSPS) is 18.6. The first-order valence-corrected chi connectivity index (χ1v) is 9.46. The second kappa shape index (κ2) is 7.13. The van der Waals surface area contributed by atoms with Crippen LogP contribution in [0.15, 0.2) is 16.9 Å². The Morgan fingerprint density at radius 2 is 1.93 bits per heavy atom. The first-order chi connectivity index (χ1) is 13.0. The van der Waals surface area contributed by atoms with Gasteiger partial charge in [-0.1, -0.05) is 5.16 Å². The molecule has 0 bridgehead atoms. The van der Waals surface area contributed by atoms with Gasteiger partial charge in [0.25, 0.3) is 5.91 Å². The molecule has 0 saturated carbocycles. The van der Waals surface area contributed by atoms with Crippen LogP contribution in [0.3, 0.4) is 0 Å². The van der Waals surface area contributed by atoms with Gasteiger partial charge in [0.2, 0.25) is 11.8 Å². The fraction of sp³-hybridized carbons (Fsp3) is 0.611. The maximum Gasteiger partial charge on any atom is 0.257 e. The molecule has 0 unspecified atom stereocenters. The van der Waals surface area contributed by atoms with Gasteiger partial charge in [-0.05, 0) is 19.8 Å². The molecule has 9 heteroatoms. The van der Waals surface area contributed by atoms with Crippen molar-refractivity contribution in [3.05, 3.63) is 29.7 Å². The number of carbonyl (C=O) groups excluding carboxylic acids is 2. The summed E-state index contributed by atoms with van der Waals surface area (Å²) in [5, 5.41) is 8.30. The molecular weight excluding hydrogens is 348 g/mol. The molecule has 4 rings (SSSR count). The third-order valence-corrected chi connectivity index (χ3v) is 5.49. The number of amides is 2. The summed E-state index contributed by atoms with van der Waals surface area (Å²) in [6, 6.07) is 0. The number of hydrogen-bond donors (Lipinski definition) is 0. The molecule has 2 amide bonds. The lowest BCUT2D eigenvalue weighted by Gasteiger charge is -2.36. The average molecular weight is 372 g/mol. The zero-order valence-electron chi connectivity index (χ0n) is 15.7.